The molecular weight excluding hydrogens is 309 g/mol. The minimum Gasteiger partial charge on any atom is -0.465 e. The molecule has 8 heteroatoms. The molecule has 1 aromatic rings. The van der Waals surface area contributed by atoms with E-state index in [1.54, 1.807) is 0 Å². The molecule has 1 aliphatic heterocycles. The number of carbonyl (C=O) groups is 1. The number of benzene rings is 1. The van der Waals surface area contributed by atoms with Crippen molar-refractivity contribution in [3.05, 3.63) is 40.5 Å². The maximum Gasteiger partial charge on any atom is 0.416 e. The molecule has 1 aromatic carbocycles. The summed E-state index contributed by atoms with van der Waals surface area (Å²) in [6.07, 6.45) is -4.17. The predicted molar refractivity (Wildman–Crippen MR) is 68.2 cm³/mol. The van der Waals surface area contributed by atoms with Crippen LogP contribution in [-0.4, -0.2) is 29.2 Å². The van der Waals surface area contributed by atoms with Crippen LogP contribution >= 0.6 is 0 Å². The molecule has 1 N–H and O–H groups in total. The number of alkyl halides is 3. The zero-order valence-electron chi connectivity index (χ0n) is 11.3. The van der Waals surface area contributed by atoms with E-state index in [9.17, 15) is 26.7 Å². The van der Waals surface area contributed by atoms with Gasteiger partial charge < -0.3 is 10.0 Å². The van der Waals surface area contributed by atoms with E-state index in [2.05, 4.69) is 0 Å². The van der Waals surface area contributed by atoms with Gasteiger partial charge in [-0.2, -0.15) is 13.2 Å². The van der Waals surface area contributed by atoms with Crippen LogP contribution in [0.4, 0.5) is 26.7 Å². The van der Waals surface area contributed by atoms with E-state index in [-0.39, 0.29) is 38.1 Å². The van der Waals surface area contributed by atoms with Gasteiger partial charge in [0.1, 0.15) is 11.6 Å². The SMILES string of the molecule is O=C(O)N1CCC(=Cc2c(F)cc(C(F)(F)F)cc2F)CC1. The van der Waals surface area contributed by atoms with Crippen molar-refractivity contribution in [1.82, 2.24) is 4.90 Å². The normalized spacial score (nSPS) is 15.9. The Morgan fingerprint density at radius 3 is 2.05 bits per heavy atom. The number of hydrogen-bond donors (Lipinski definition) is 1. The monoisotopic (exact) mass is 321 g/mol. The Bertz CT molecular complexity index is 591. The van der Waals surface area contributed by atoms with Crippen LogP contribution in [0.2, 0.25) is 0 Å². The Morgan fingerprint density at radius 1 is 1.14 bits per heavy atom. The fraction of sp³-hybridized carbons (Fsp3) is 0.357. The molecule has 3 nitrogen and oxygen atoms in total. The smallest absolute Gasteiger partial charge is 0.416 e. The molecule has 1 fully saturated rings. The molecule has 22 heavy (non-hydrogen) atoms. The number of halogens is 5. The van der Waals surface area contributed by atoms with E-state index in [4.69, 9.17) is 5.11 Å². The van der Waals surface area contributed by atoms with Gasteiger partial charge in [-0.1, -0.05) is 5.57 Å². The maximum atomic E-state index is 13.7. The number of hydrogen-bond acceptors (Lipinski definition) is 1. The maximum absolute atomic E-state index is 13.7. The van der Waals surface area contributed by atoms with Crippen LogP contribution in [0, 0.1) is 11.6 Å². The minimum absolute atomic E-state index is 0.186. The lowest BCUT2D eigenvalue weighted by Crippen LogP contribution is -2.35. The van der Waals surface area contributed by atoms with Gasteiger partial charge in [-0.25, -0.2) is 13.6 Å². The zero-order chi connectivity index (χ0) is 16.5. The van der Waals surface area contributed by atoms with Gasteiger partial charge in [0.15, 0.2) is 0 Å². The number of nitrogens with zero attached hydrogens (tertiary/aromatic N) is 1. The van der Waals surface area contributed by atoms with Crippen LogP contribution in [0.5, 0.6) is 0 Å². The van der Waals surface area contributed by atoms with Crippen molar-refractivity contribution in [3.63, 3.8) is 0 Å². The van der Waals surface area contributed by atoms with Crippen molar-refractivity contribution in [3.8, 4) is 0 Å². The van der Waals surface area contributed by atoms with Gasteiger partial charge in [-0.05, 0) is 31.1 Å². The molecule has 0 radical (unpaired) electrons. The number of amides is 1. The highest BCUT2D eigenvalue weighted by molar-refractivity contribution is 5.65. The first-order valence-electron chi connectivity index (χ1n) is 6.42. The molecule has 0 atom stereocenters. The molecule has 0 saturated carbocycles. The minimum atomic E-state index is -4.82. The molecule has 120 valence electrons. The Hall–Kier alpha value is -2.12. The third kappa shape index (κ3) is 3.55. The van der Waals surface area contributed by atoms with Gasteiger partial charge in [0.2, 0.25) is 0 Å². The Labute approximate surface area is 122 Å². The topological polar surface area (TPSA) is 40.5 Å². The summed E-state index contributed by atoms with van der Waals surface area (Å²) in [5, 5.41) is 8.79. The number of carboxylic acid groups (broad SMARTS) is 1. The Balaban J connectivity index is 2.24. The van der Waals surface area contributed by atoms with Gasteiger partial charge >= 0.3 is 12.3 Å². The number of rotatable bonds is 1. The van der Waals surface area contributed by atoms with Crippen LogP contribution in [0.1, 0.15) is 24.0 Å². The summed E-state index contributed by atoms with van der Waals surface area (Å²) in [6.45, 7) is 0.371. The van der Waals surface area contributed by atoms with E-state index in [0.29, 0.717) is 5.57 Å². The van der Waals surface area contributed by atoms with Crippen molar-refractivity contribution in [2.75, 3.05) is 13.1 Å². The van der Waals surface area contributed by atoms with Crippen molar-refractivity contribution in [2.45, 2.75) is 19.0 Å². The van der Waals surface area contributed by atoms with E-state index >= 15 is 0 Å². The Kier molecular flexibility index (Phi) is 4.39. The highest BCUT2D eigenvalue weighted by atomic mass is 19.4. The lowest BCUT2D eigenvalue weighted by Gasteiger charge is -2.25. The highest BCUT2D eigenvalue weighted by Gasteiger charge is 2.32. The van der Waals surface area contributed by atoms with Crippen molar-refractivity contribution in [2.24, 2.45) is 0 Å². The molecule has 0 aromatic heterocycles. The second kappa shape index (κ2) is 5.94. The first-order valence-corrected chi connectivity index (χ1v) is 6.42. The van der Waals surface area contributed by atoms with Crippen LogP contribution in [0.25, 0.3) is 6.08 Å². The summed E-state index contributed by atoms with van der Waals surface area (Å²) < 4.78 is 64.8. The average molecular weight is 321 g/mol. The zero-order valence-corrected chi connectivity index (χ0v) is 11.3. The molecule has 0 bridgehead atoms. The van der Waals surface area contributed by atoms with Crippen LogP contribution in [-0.2, 0) is 6.18 Å². The van der Waals surface area contributed by atoms with Crippen molar-refractivity contribution < 1.29 is 31.9 Å². The molecule has 1 saturated heterocycles. The summed E-state index contributed by atoms with van der Waals surface area (Å²) in [7, 11) is 0. The van der Waals surface area contributed by atoms with Gasteiger partial charge in [0.25, 0.3) is 0 Å². The molecule has 0 spiro atoms. The summed E-state index contributed by atoms with van der Waals surface area (Å²) in [5.41, 5.74) is -1.33. The number of piperidine rings is 1. The number of likely N-dealkylation sites (tertiary alicyclic amines) is 1. The largest absolute Gasteiger partial charge is 0.465 e. The molecule has 1 aliphatic rings. The summed E-state index contributed by atoms with van der Waals surface area (Å²) in [5.74, 6) is -2.58. The second-order valence-electron chi connectivity index (χ2n) is 4.92. The standard InChI is InChI=1S/C14H12F5NO2/c15-11-6-9(14(17,18)19)7-12(16)10(11)5-8-1-3-20(4-2-8)13(21)22/h5-7H,1-4H2,(H,21,22). The first-order chi connectivity index (χ1) is 10.2. The lowest BCUT2D eigenvalue weighted by molar-refractivity contribution is -0.138. The molecule has 0 unspecified atom stereocenters. The van der Waals surface area contributed by atoms with Crippen LogP contribution in [0.3, 0.4) is 0 Å². The third-order valence-corrected chi connectivity index (χ3v) is 3.43. The third-order valence-electron chi connectivity index (χ3n) is 3.43. The van der Waals surface area contributed by atoms with Gasteiger partial charge in [0.05, 0.1) is 5.56 Å². The summed E-state index contributed by atoms with van der Waals surface area (Å²) in [6, 6.07) is 0.504. The van der Waals surface area contributed by atoms with E-state index in [1.165, 1.54) is 0 Å². The van der Waals surface area contributed by atoms with E-state index < -0.39 is 35.0 Å². The van der Waals surface area contributed by atoms with Crippen molar-refractivity contribution >= 4 is 12.2 Å². The fourth-order valence-corrected chi connectivity index (χ4v) is 2.22. The molecule has 0 aliphatic carbocycles. The van der Waals surface area contributed by atoms with Gasteiger partial charge in [0, 0.05) is 18.7 Å². The summed E-state index contributed by atoms with van der Waals surface area (Å²) >= 11 is 0. The lowest BCUT2D eigenvalue weighted by atomic mass is 10.00. The van der Waals surface area contributed by atoms with Crippen LogP contribution < -0.4 is 0 Å². The second-order valence-corrected chi connectivity index (χ2v) is 4.92. The van der Waals surface area contributed by atoms with Crippen molar-refractivity contribution in [1.29, 1.82) is 0 Å². The quantitative estimate of drug-likeness (QED) is 0.790. The molecule has 1 amide bonds. The van der Waals surface area contributed by atoms with E-state index in [0.717, 1.165) is 11.0 Å². The molecule has 2 rings (SSSR count). The predicted octanol–water partition coefficient (Wildman–Crippen LogP) is 4.14. The van der Waals surface area contributed by atoms with E-state index in [1.807, 2.05) is 0 Å². The molecule has 1 heterocycles. The first kappa shape index (κ1) is 16.3. The fourth-order valence-electron chi connectivity index (χ4n) is 2.22. The molecular formula is C14H12F5NO2. The summed E-state index contributed by atoms with van der Waals surface area (Å²) in [4.78, 5) is 11.9. The van der Waals surface area contributed by atoms with Gasteiger partial charge in [-0.15, -0.1) is 0 Å². The highest BCUT2D eigenvalue weighted by Crippen LogP contribution is 2.32. The Morgan fingerprint density at radius 2 is 1.64 bits per heavy atom. The van der Waals surface area contributed by atoms with Crippen LogP contribution in [0.15, 0.2) is 17.7 Å². The van der Waals surface area contributed by atoms with Gasteiger partial charge in [-0.3, -0.25) is 0 Å². The average Bonchev–Trinajstić information content (AvgIpc) is 2.42.